The molecule has 0 fully saturated rings. The van der Waals surface area contributed by atoms with Crippen molar-refractivity contribution in [3.05, 3.63) is 40.2 Å². The Balaban J connectivity index is 2.32. The minimum absolute atomic E-state index is 0.0291. The summed E-state index contributed by atoms with van der Waals surface area (Å²) in [4.78, 5) is 10.3. The maximum Gasteiger partial charge on any atom is 0.273 e. The molecule has 0 saturated heterocycles. The molecule has 0 bridgehead atoms. The SMILES string of the molecule is CCNCc1cn(-c2ccc([N+](=O)[O-])cc2OC)nn1. The van der Waals surface area contributed by atoms with E-state index in [1.165, 1.54) is 23.9 Å². The number of nitrogens with zero attached hydrogens (tertiary/aromatic N) is 4. The van der Waals surface area contributed by atoms with E-state index >= 15 is 0 Å². The lowest BCUT2D eigenvalue weighted by molar-refractivity contribution is -0.384. The van der Waals surface area contributed by atoms with Crippen molar-refractivity contribution in [1.29, 1.82) is 0 Å². The van der Waals surface area contributed by atoms with Gasteiger partial charge >= 0.3 is 0 Å². The predicted molar refractivity (Wildman–Crippen MR) is 71.9 cm³/mol. The first-order valence-electron chi connectivity index (χ1n) is 6.10. The van der Waals surface area contributed by atoms with Gasteiger partial charge in [-0.05, 0) is 12.6 Å². The summed E-state index contributed by atoms with van der Waals surface area (Å²) in [5.74, 6) is 0.374. The highest BCUT2D eigenvalue weighted by Gasteiger charge is 2.13. The molecule has 0 spiro atoms. The maximum absolute atomic E-state index is 10.7. The third-order valence-corrected chi connectivity index (χ3v) is 2.72. The summed E-state index contributed by atoms with van der Waals surface area (Å²) in [6, 6.07) is 4.35. The van der Waals surface area contributed by atoms with Crippen LogP contribution in [0.2, 0.25) is 0 Å². The maximum atomic E-state index is 10.7. The van der Waals surface area contributed by atoms with Crippen molar-refractivity contribution < 1.29 is 9.66 Å². The van der Waals surface area contributed by atoms with Crippen molar-refractivity contribution in [3.8, 4) is 11.4 Å². The van der Waals surface area contributed by atoms with Crippen LogP contribution in [0.3, 0.4) is 0 Å². The smallest absolute Gasteiger partial charge is 0.273 e. The van der Waals surface area contributed by atoms with E-state index < -0.39 is 4.92 Å². The Morgan fingerprint density at radius 1 is 1.50 bits per heavy atom. The molecule has 0 unspecified atom stereocenters. The van der Waals surface area contributed by atoms with Crippen LogP contribution in [0.15, 0.2) is 24.4 Å². The van der Waals surface area contributed by atoms with Gasteiger partial charge in [-0.25, -0.2) is 4.68 Å². The summed E-state index contributed by atoms with van der Waals surface area (Å²) in [6.07, 6.45) is 1.76. The Bertz CT molecular complexity index is 611. The van der Waals surface area contributed by atoms with Crippen molar-refractivity contribution in [3.63, 3.8) is 0 Å². The standard InChI is InChI=1S/C12H15N5O3/c1-3-13-7-9-8-16(15-14-9)11-5-4-10(17(18)19)6-12(11)20-2/h4-6,8,13H,3,7H2,1-2H3. The zero-order valence-electron chi connectivity index (χ0n) is 11.2. The van der Waals surface area contributed by atoms with Gasteiger partial charge in [0.2, 0.25) is 0 Å². The Morgan fingerprint density at radius 2 is 2.30 bits per heavy atom. The molecule has 106 valence electrons. The number of nitrogens with one attached hydrogen (secondary N) is 1. The van der Waals surface area contributed by atoms with E-state index in [-0.39, 0.29) is 5.69 Å². The molecule has 8 nitrogen and oxygen atoms in total. The van der Waals surface area contributed by atoms with Crippen LogP contribution >= 0.6 is 0 Å². The third kappa shape index (κ3) is 2.91. The minimum Gasteiger partial charge on any atom is -0.494 e. The number of hydrogen-bond donors (Lipinski definition) is 1. The van der Waals surface area contributed by atoms with Crippen molar-refractivity contribution in [1.82, 2.24) is 20.3 Å². The molecule has 0 aliphatic carbocycles. The molecule has 0 amide bonds. The molecule has 20 heavy (non-hydrogen) atoms. The number of aromatic nitrogens is 3. The topological polar surface area (TPSA) is 95.1 Å². The van der Waals surface area contributed by atoms with Gasteiger partial charge in [0.1, 0.15) is 5.69 Å². The first-order valence-corrected chi connectivity index (χ1v) is 6.10. The molecule has 0 aliphatic heterocycles. The molecule has 1 N–H and O–H groups in total. The van der Waals surface area contributed by atoms with Crippen LogP contribution in [0.1, 0.15) is 12.6 Å². The Labute approximate surface area is 115 Å². The molecule has 1 aromatic carbocycles. The second kappa shape index (κ2) is 6.11. The second-order valence-electron chi connectivity index (χ2n) is 4.05. The molecule has 0 aliphatic rings. The molecule has 0 atom stereocenters. The number of nitro groups is 1. The zero-order chi connectivity index (χ0) is 14.5. The first kappa shape index (κ1) is 13.9. The molecule has 1 heterocycles. The number of non-ortho nitro benzene ring substituents is 1. The second-order valence-corrected chi connectivity index (χ2v) is 4.05. The van der Waals surface area contributed by atoms with Gasteiger partial charge < -0.3 is 10.1 Å². The van der Waals surface area contributed by atoms with Crippen LogP contribution in [0.4, 0.5) is 5.69 Å². The lowest BCUT2D eigenvalue weighted by Crippen LogP contribution is -2.11. The van der Waals surface area contributed by atoms with E-state index in [1.54, 1.807) is 12.3 Å². The van der Waals surface area contributed by atoms with Crippen LogP contribution in [0.25, 0.3) is 5.69 Å². The van der Waals surface area contributed by atoms with E-state index in [0.29, 0.717) is 18.0 Å². The van der Waals surface area contributed by atoms with E-state index in [0.717, 1.165) is 12.2 Å². The van der Waals surface area contributed by atoms with E-state index in [4.69, 9.17) is 4.74 Å². The van der Waals surface area contributed by atoms with Crippen molar-refractivity contribution in [2.24, 2.45) is 0 Å². The highest BCUT2D eigenvalue weighted by molar-refractivity contribution is 5.52. The van der Waals surface area contributed by atoms with Gasteiger partial charge in [-0.15, -0.1) is 5.10 Å². The van der Waals surface area contributed by atoms with Gasteiger partial charge in [0.05, 0.1) is 30.0 Å². The van der Waals surface area contributed by atoms with Gasteiger partial charge in [-0.3, -0.25) is 10.1 Å². The van der Waals surface area contributed by atoms with Crippen LogP contribution in [-0.2, 0) is 6.54 Å². The van der Waals surface area contributed by atoms with Gasteiger partial charge in [0, 0.05) is 12.6 Å². The molecule has 2 rings (SSSR count). The first-order chi connectivity index (χ1) is 9.65. The predicted octanol–water partition coefficient (Wildman–Crippen LogP) is 1.29. The Hall–Kier alpha value is -2.48. The van der Waals surface area contributed by atoms with E-state index in [9.17, 15) is 10.1 Å². The quantitative estimate of drug-likeness (QED) is 0.631. The number of hydrogen-bond acceptors (Lipinski definition) is 6. The van der Waals surface area contributed by atoms with Gasteiger partial charge in [0.15, 0.2) is 5.75 Å². The average Bonchev–Trinajstić information content (AvgIpc) is 2.92. The minimum atomic E-state index is -0.468. The number of nitro benzene ring substituents is 1. The molecule has 0 radical (unpaired) electrons. The van der Waals surface area contributed by atoms with Crippen LogP contribution in [0, 0.1) is 10.1 Å². The summed E-state index contributed by atoms with van der Waals surface area (Å²) in [5, 5.41) is 21.9. The zero-order valence-corrected chi connectivity index (χ0v) is 11.2. The monoisotopic (exact) mass is 277 g/mol. The lowest BCUT2D eigenvalue weighted by Gasteiger charge is -2.07. The molecule has 0 saturated carbocycles. The normalized spacial score (nSPS) is 10.5. The van der Waals surface area contributed by atoms with E-state index in [2.05, 4.69) is 15.6 Å². The molecular formula is C12H15N5O3. The van der Waals surface area contributed by atoms with Gasteiger partial charge in [-0.2, -0.15) is 0 Å². The van der Waals surface area contributed by atoms with E-state index in [1.807, 2.05) is 6.92 Å². The van der Waals surface area contributed by atoms with Crippen molar-refractivity contribution >= 4 is 5.69 Å². The number of benzene rings is 1. The summed E-state index contributed by atoms with van der Waals surface area (Å²) < 4.78 is 6.71. The fourth-order valence-corrected chi connectivity index (χ4v) is 1.72. The summed E-state index contributed by atoms with van der Waals surface area (Å²) in [5.41, 5.74) is 1.36. The van der Waals surface area contributed by atoms with Gasteiger partial charge in [-0.1, -0.05) is 12.1 Å². The number of rotatable bonds is 6. The number of methoxy groups -OCH3 is 1. The van der Waals surface area contributed by atoms with Gasteiger partial charge in [0.25, 0.3) is 5.69 Å². The highest BCUT2D eigenvalue weighted by Crippen LogP contribution is 2.27. The van der Waals surface area contributed by atoms with Crippen LogP contribution < -0.4 is 10.1 Å². The summed E-state index contributed by atoms with van der Waals surface area (Å²) >= 11 is 0. The Kier molecular flexibility index (Phi) is 4.26. The fourth-order valence-electron chi connectivity index (χ4n) is 1.72. The Morgan fingerprint density at radius 3 is 2.95 bits per heavy atom. The average molecular weight is 277 g/mol. The van der Waals surface area contributed by atoms with Crippen LogP contribution in [0.5, 0.6) is 5.75 Å². The number of ether oxygens (including phenoxy) is 1. The van der Waals surface area contributed by atoms with Crippen LogP contribution in [-0.4, -0.2) is 33.6 Å². The molecule has 8 heteroatoms. The third-order valence-electron chi connectivity index (χ3n) is 2.72. The van der Waals surface area contributed by atoms with Crippen molar-refractivity contribution in [2.45, 2.75) is 13.5 Å². The fraction of sp³-hybridized carbons (Fsp3) is 0.333. The largest absolute Gasteiger partial charge is 0.494 e. The lowest BCUT2D eigenvalue weighted by atomic mass is 10.2. The van der Waals surface area contributed by atoms with Crippen molar-refractivity contribution in [2.75, 3.05) is 13.7 Å². The molecular weight excluding hydrogens is 262 g/mol. The summed E-state index contributed by atoms with van der Waals surface area (Å²) in [6.45, 7) is 3.46. The highest BCUT2D eigenvalue weighted by atomic mass is 16.6. The summed E-state index contributed by atoms with van der Waals surface area (Å²) in [7, 11) is 1.46. The molecule has 1 aromatic heterocycles. The molecule has 2 aromatic rings.